The van der Waals surface area contributed by atoms with Crippen LogP contribution in [0.15, 0.2) is 54.6 Å². The number of halogens is 1. The molecule has 0 saturated carbocycles. The van der Waals surface area contributed by atoms with Crippen LogP contribution in [0.4, 0.5) is 14.9 Å². The summed E-state index contributed by atoms with van der Waals surface area (Å²) in [6, 6.07) is 13.8. The molecule has 4 nitrogen and oxygen atoms in total. The Morgan fingerprint density at radius 2 is 1.62 bits per heavy atom. The molecule has 24 heavy (non-hydrogen) atoms. The lowest BCUT2D eigenvalue weighted by atomic mass is 10.1. The Labute approximate surface area is 140 Å². The van der Waals surface area contributed by atoms with E-state index in [-0.39, 0.29) is 11.6 Å². The summed E-state index contributed by atoms with van der Waals surface area (Å²) in [4.78, 5) is 28.7. The number of rotatable bonds is 2. The molecule has 1 aliphatic heterocycles. The van der Waals surface area contributed by atoms with E-state index in [2.05, 4.69) is 0 Å². The summed E-state index contributed by atoms with van der Waals surface area (Å²) in [6.07, 6.45) is 2.96. The maximum atomic E-state index is 13.5. The first-order valence-corrected chi connectivity index (χ1v) is 8.11. The molecule has 1 aliphatic rings. The smallest absolute Gasteiger partial charge is 0.324 e. The predicted molar refractivity (Wildman–Crippen MR) is 90.5 cm³/mol. The monoisotopic (exact) mass is 326 g/mol. The Balaban J connectivity index is 1.95. The molecule has 0 radical (unpaired) electrons. The third kappa shape index (κ3) is 3.45. The molecule has 3 amide bonds. The summed E-state index contributed by atoms with van der Waals surface area (Å²) in [5.41, 5.74) is 0.645. The van der Waals surface area contributed by atoms with Crippen LogP contribution in [0.3, 0.4) is 0 Å². The number of imide groups is 1. The number of nitrogens with zero attached hydrogens (tertiary/aromatic N) is 2. The normalized spacial score (nSPS) is 14.3. The van der Waals surface area contributed by atoms with Crippen molar-refractivity contribution in [2.45, 2.75) is 19.3 Å². The number of piperidine rings is 1. The Morgan fingerprint density at radius 3 is 2.29 bits per heavy atom. The van der Waals surface area contributed by atoms with Gasteiger partial charge in [-0.3, -0.25) is 4.79 Å². The third-order valence-electron chi connectivity index (χ3n) is 4.11. The fraction of sp³-hybridized carbons (Fsp3) is 0.263. The second-order valence-corrected chi connectivity index (χ2v) is 5.82. The number of carbonyl (C=O) groups is 2. The van der Waals surface area contributed by atoms with Crippen LogP contribution in [0, 0.1) is 5.82 Å². The van der Waals surface area contributed by atoms with E-state index >= 15 is 0 Å². The van der Waals surface area contributed by atoms with E-state index in [1.165, 1.54) is 18.2 Å². The Morgan fingerprint density at radius 1 is 0.917 bits per heavy atom. The minimum absolute atomic E-state index is 0.157. The van der Waals surface area contributed by atoms with Gasteiger partial charge in [0.2, 0.25) is 0 Å². The highest BCUT2D eigenvalue weighted by molar-refractivity contribution is 6.20. The van der Waals surface area contributed by atoms with Crippen molar-refractivity contribution >= 4 is 17.6 Å². The number of amides is 3. The van der Waals surface area contributed by atoms with E-state index < -0.39 is 11.7 Å². The molecule has 0 aromatic heterocycles. The van der Waals surface area contributed by atoms with Gasteiger partial charge in [0.25, 0.3) is 5.91 Å². The number of carbonyl (C=O) groups excluding carboxylic acids is 2. The van der Waals surface area contributed by atoms with Gasteiger partial charge in [0.15, 0.2) is 0 Å². The highest BCUT2D eigenvalue weighted by Gasteiger charge is 2.29. The molecule has 5 heteroatoms. The molecule has 124 valence electrons. The van der Waals surface area contributed by atoms with Crippen LogP contribution in [0.5, 0.6) is 0 Å². The number of benzene rings is 2. The summed E-state index contributed by atoms with van der Waals surface area (Å²) >= 11 is 0. The zero-order chi connectivity index (χ0) is 16.9. The molecule has 1 fully saturated rings. The summed E-state index contributed by atoms with van der Waals surface area (Å²) in [6.45, 7) is 1.27. The first-order chi connectivity index (χ1) is 11.7. The van der Waals surface area contributed by atoms with Gasteiger partial charge in [-0.25, -0.2) is 14.1 Å². The first kappa shape index (κ1) is 16.2. The van der Waals surface area contributed by atoms with Crippen molar-refractivity contribution in [3.05, 3.63) is 66.0 Å². The molecule has 0 aliphatic carbocycles. The first-order valence-electron chi connectivity index (χ1n) is 8.11. The summed E-state index contributed by atoms with van der Waals surface area (Å²) in [7, 11) is 0. The number of likely N-dealkylation sites (tertiary alicyclic amines) is 1. The Bertz CT molecular complexity index is 727. The van der Waals surface area contributed by atoms with E-state index in [0.29, 0.717) is 18.8 Å². The van der Waals surface area contributed by atoms with Crippen molar-refractivity contribution < 1.29 is 14.0 Å². The number of hydrogen-bond donors (Lipinski definition) is 0. The second-order valence-electron chi connectivity index (χ2n) is 5.82. The van der Waals surface area contributed by atoms with Gasteiger partial charge < -0.3 is 4.90 Å². The molecule has 1 heterocycles. The van der Waals surface area contributed by atoms with Crippen molar-refractivity contribution in [3.8, 4) is 0 Å². The van der Waals surface area contributed by atoms with Crippen molar-refractivity contribution in [2.75, 3.05) is 18.0 Å². The maximum Gasteiger partial charge on any atom is 0.331 e. The van der Waals surface area contributed by atoms with E-state index in [1.54, 1.807) is 29.2 Å². The topological polar surface area (TPSA) is 40.6 Å². The van der Waals surface area contributed by atoms with Crippen molar-refractivity contribution in [1.82, 2.24) is 4.90 Å². The maximum absolute atomic E-state index is 13.5. The highest BCUT2D eigenvalue weighted by Crippen LogP contribution is 2.21. The van der Waals surface area contributed by atoms with Crippen molar-refractivity contribution in [1.29, 1.82) is 0 Å². The highest BCUT2D eigenvalue weighted by atomic mass is 19.1. The number of anilines is 1. The Kier molecular flexibility index (Phi) is 4.89. The van der Waals surface area contributed by atoms with Gasteiger partial charge in [-0.05, 0) is 49.6 Å². The van der Waals surface area contributed by atoms with E-state index in [4.69, 9.17) is 0 Å². The summed E-state index contributed by atoms with van der Waals surface area (Å²) < 4.78 is 13.5. The Hall–Kier alpha value is -2.69. The molecule has 0 bridgehead atoms. The molecule has 0 N–H and O–H groups in total. The molecule has 0 unspecified atom stereocenters. The fourth-order valence-electron chi connectivity index (χ4n) is 2.87. The molecule has 2 aromatic carbocycles. The average Bonchev–Trinajstić information content (AvgIpc) is 2.63. The molecular formula is C19H19FN2O2. The van der Waals surface area contributed by atoms with Gasteiger partial charge in [0, 0.05) is 18.7 Å². The largest absolute Gasteiger partial charge is 0.331 e. The molecule has 0 spiro atoms. The number of urea groups is 1. The SMILES string of the molecule is O=C(c1cccc(F)c1)N(C(=O)N1CCCCC1)c1ccccc1. The van der Waals surface area contributed by atoms with Gasteiger partial charge in [-0.2, -0.15) is 0 Å². The molecular weight excluding hydrogens is 307 g/mol. The quantitative estimate of drug-likeness (QED) is 0.834. The van der Waals surface area contributed by atoms with Gasteiger partial charge >= 0.3 is 6.03 Å². The standard InChI is InChI=1S/C19H19FN2O2/c20-16-9-7-8-15(14-16)18(23)22(17-10-3-1-4-11-17)19(24)21-12-5-2-6-13-21/h1,3-4,7-11,14H,2,5-6,12-13H2. The zero-order valence-corrected chi connectivity index (χ0v) is 13.3. The van der Waals surface area contributed by atoms with E-state index in [0.717, 1.165) is 30.2 Å². The van der Waals surface area contributed by atoms with Crippen LogP contribution in [0.2, 0.25) is 0 Å². The minimum atomic E-state index is -0.517. The molecule has 1 saturated heterocycles. The van der Waals surface area contributed by atoms with Crippen LogP contribution in [0.25, 0.3) is 0 Å². The van der Waals surface area contributed by atoms with E-state index in [1.807, 2.05) is 6.07 Å². The number of hydrogen-bond acceptors (Lipinski definition) is 2. The van der Waals surface area contributed by atoms with Crippen molar-refractivity contribution in [2.24, 2.45) is 0 Å². The van der Waals surface area contributed by atoms with Gasteiger partial charge in [0.05, 0.1) is 5.69 Å². The summed E-state index contributed by atoms with van der Waals surface area (Å²) in [5, 5.41) is 0. The fourth-order valence-corrected chi connectivity index (χ4v) is 2.87. The average molecular weight is 326 g/mol. The minimum Gasteiger partial charge on any atom is -0.324 e. The number of para-hydroxylation sites is 1. The predicted octanol–water partition coefficient (Wildman–Crippen LogP) is 4.08. The summed E-state index contributed by atoms with van der Waals surface area (Å²) in [5.74, 6) is -1.02. The lowest BCUT2D eigenvalue weighted by Crippen LogP contribution is -2.48. The van der Waals surface area contributed by atoms with Crippen LogP contribution >= 0.6 is 0 Å². The molecule has 0 atom stereocenters. The third-order valence-corrected chi connectivity index (χ3v) is 4.11. The second kappa shape index (κ2) is 7.25. The van der Waals surface area contributed by atoms with Crippen LogP contribution in [-0.2, 0) is 0 Å². The lowest BCUT2D eigenvalue weighted by Gasteiger charge is -2.32. The van der Waals surface area contributed by atoms with Gasteiger partial charge in [-0.1, -0.05) is 24.3 Å². The zero-order valence-electron chi connectivity index (χ0n) is 13.3. The van der Waals surface area contributed by atoms with Crippen molar-refractivity contribution in [3.63, 3.8) is 0 Å². The van der Waals surface area contributed by atoms with Crippen LogP contribution < -0.4 is 4.90 Å². The van der Waals surface area contributed by atoms with Gasteiger partial charge in [0.1, 0.15) is 5.82 Å². The van der Waals surface area contributed by atoms with Gasteiger partial charge in [-0.15, -0.1) is 0 Å². The molecule has 2 aromatic rings. The van der Waals surface area contributed by atoms with Crippen LogP contribution in [0.1, 0.15) is 29.6 Å². The van der Waals surface area contributed by atoms with Crippen LogP contribution in [-0.4, -0.2) is 29.9 Å². The van der Waals surface area contributed by atoms with E-state index in [9.17, 15) is 14.0 Å². The lowest BCUT2D eigenvalue weighted by molar-refractivity contribution is 0.0983. The molecule has 3 rings (SSSR count).